The maximum atomic E-state index is 5.97. The zero-order valence-electron chi connectivity index (χ0n) is 9.73. The van der Waals surface area contributed by atoms with E-state index in [0.717, 1.165) is 22.8 Å². The highest BCUT2D eigenvalue weighted by Crippen LogP contribution is 2.26. The standard InChI is InChI=1S/C12H18ClNO/c1-12(2,14-3)8-9-7-10(13)5-6-11(9)15-4/h5-7,14H,8H2,1-4H3. The average molecular weight is 228 g/mol. The summed E-state index contributed by atoms with van der Waals surface area (Å²) in [6.07, 6.45) is 0.882. The molecule has 1 aromatic carbocycles. The summed E-state index contributed by atoms with van der Waals surface area (Å²) < 4.78 is 5.30. The Morgan fingerprint density at radius 1 is 1.40 bits per heavy atom. The molecule has 0 atom stereocenters. The van der Waals surface area contributed by atoms with Crippen LogP contribution in [0.1, 0.15) is 19.4 Å². The third-order valence-electron chi connectivity index (χ3n) is 2.55. The summed E-state index contributed by atoms with van der Waals surface area (Å²) in [6.45, 7) is 4.29. The van der Waals surface area contributed by atoms with Gasteiger partial charge < -0.3 is 10.1 Å². The molecule has 0 saturated heterocycles. The summed E-state index contributed by atoms with van der Waals surface area (Å²) in [6, 6.07) is 5.71. The summed E-state index contributed by atoms with van der Waals surface area (Å²) in [7, 11) is 3.64. The van der Waals surface area contributed by atoms with Crippen molar-refractivity contribution in [2.45, 2.75) is 25.8 Å². The van der Waals surface area contributed by atoms with Crippen molar-refractivity contribution in [2.24, 2.45) is 0 Å². The summed E-state index contributed by atoms with van der Waals surface area (Å²) in [4.78, 5) is 0. The minimum Gasteiger partial charge on any atom is -0.496 e. The molecule has 0 bridgehead atoms. The molecule has 0 saturated carbocycles. The van der Waals surface area contributed by atoms with Crippen LogP contribution in [0.3, 0.4) is 0 Å². The third kappa shape index (κ3) is 3.40. The Kier molecular flexibility index (Phi) is 4.00. The van der Waals surface area contributed by atoms with E-state index < -0.39 is 0 Å². The number of halogens is 1. The van der Waals surface area contributed by atoms with Gasteiger partial charge in [-0.2, -0.15) is 0 Å². The van der Waals surface area contributed by atoms with Crippen molar-refractivity contribution >= 4 is 11.6 Å². The van der Waals surface area contributed by atoms with Crippen molar-refractivity contribution in [3.8, 4) is 5.75 Å². The molecule has 0 amide bonds. The van der Waals surface area contributed by atoms with Gasteiger partial charge in [-0.05, 0) is 51.1 Å². The van der Waals surface area contributed by atoms with Crippen molar-refractivity contribution in [1.82, 2.24) is 5.32 Å². The van der Waals surface area contributed by atoms with Crippen LogP contribution in [0.25, 0.3) is 0 Å². The van der Waals surface area contributed by atoms with Crippen LogP contribution >= 0.6 is 11.6 Å². The molecule has 0 aliphatic rings. The van der Waals surface area contributed by atoms with Crippen molar-refractivity contribution in [3.63, 3.8) is 0 Å². The Morgan fingerprint density at radius 2 is 2.07 bits per heavy atom. The van der Waals surface area contributed by atoms with E-state index in [2.05, 4.69) is 19.2 Å². The molecule has 0 heterocycles. The van der Waals surface area contributed by atoms with Gasteiger partial charge in [-0.25, -0.2) is 0 Å². The number of hydrogen-bond acceptors (Lipinski definition) is 2. The van der Waals surface area contributed by atoms with Crippen LogP contribution < -0.4 is 10.1 Å². The van der Waals surface area contributed by atoms with Gasteiger partial charge in [-0.3, -0.25) is 0 Å². The Hall–Kier alpha value is -0.730. The van der Waals surface area contributed by atoms with Gasteiger partial charge in [0.05, 0.1) is 7.11 Å². The lowest BCUT2D eigenvalue weighted by Gasteiger charge is -2.25. The summed E-state index contributed by atoms with van der Waals surface area (Å²) in [5, 5.41) is 4.01. The molecule has 84 valence electrons. The molecule has 1 aromatic rings. The molecule has 0 aliphatic heterocycles. The number of rotatable bonds is 4. The predicted molar refractivity (Wildman–Crippen MR) is 64.8 cm³/mol. The highest BCUT2D eigenvalue weighted by atomic mass is 35.5. The van der Waals surface area contributed by atoms with Gasteiger partial charge in [0.25, 0.3) is 0 Å². The molecular formula is C12H18ClNO. The lowest BCUT2D eigenvalue weighted by molar-refractivity contribution is 0.386. The fraction of sp³-hybridized carbons (Fsp3) is 0.500. The highest BCUT2D eigenvalue weighted by Gasteiger charge is 2.18. The van der Waals surface area contributed by atoms with Gasteiger partial charge in [0.2, 0.25) is 0 Å². The number of likely N-dealkylation sites (N-methyl/N-ethyl adjacent to an activating group) is 1. The molecule has 15 heavy (non-hydrogen) atoms. The molecule has 0 fully saturated rings. The second kappa shape index (κ2) is 4.86. The van der Waals surface area contributed by atoms with E-state index in [4.69, 9.17) is 16.3 Å². The largest absolute Gasteiger partial charge is 0.496 e. The first-order valence-corrected chi connectivity index (χ1v) is 5.37. The number of benzene rings is 1. The average Bonchev–Trinajstić information content (AvgIpc) is 2.18. The van der Waals surface area contributed by atoms with Gasteiger partial charge in [-0.1, -0.05) is 11.6 Å². The van der Waals surface area contributed by atoms with Gasteiger partial charge in [0.1, 0.15) is 5.75 Å². The van der Waals surface area contributed by atoms with Crippen LogP contribution in [0.15, 0.2) is 18.2 Å². The van der Waals surface area contributed by atoms with Crippen molar-refractivity contribution in [2.75, 3.05) is 14.2 Å². The number of methoxy groups -OCH3 is 1. The van der Waals surface area contributed by atoms with Crippen molar-refractivity contribution < 1.29 is 4.74 Å². The van der Waals surface area contributed by atoms with E-state index in [-0.39, 0.29) is 5.54 Å². The first kappa shape index (κ1) is 12.3. The fourth-order valence-corrected chi connectivity index (χ4v) is 1.64. The van der Waals surface area contributed by atoms with Crippen molar-refractivity contribution in [1.29, 1.82) is 0 Å². The van der Waals surface area contributed by atoms with Gasteiger partial charge >= 0.3 is 0 Å². The zero-order valence-corrected chi connectivity index (χ0v) is 10.5. The maximum Gasteiger partial charge on any atom is 0.122 e. The topological polar surface area (TPSA) is 21.3 Å². The van der Waals surface area contributed by atoms with Crippen LogP contribution in [0.5, 0.6) is 5.75 Å². The summed E-state index contributed by atoms with van der Waals surface area (Å²) >= 11 is 5.97. The maximum absolute atomic E-state index is 5.97. The van der Waals surface area contributed by atoms with Crippen LogP contribution in [0, 0.1) is 0 Å². The second-order valence-electron chi connectivity index (χ2n) is 4.27. The first-order chi connectivity index (χ1) is 6.98. The molecule has 0 unspecified atom stereocenters. The third-order valence-corrected chi connectivity index (χ3v) is 2.79. The van der Waals surface area contributed by atoms with E-state index in [1.54, 1.807) is 7.11 Å². The lowest BCUT2D eigenvalue weighted by atomic mass is 9.94. The smallest absolute Gasteiger partial charge is 0.122 e. The van der Waals surface area contributed by atoms with Crippen molar-refractivity contribution in [3.05, 3.63) is 28.8 Å². The molecule has 0 radical (unpaired) electrons. The quantitative estimate of drug-likeness (QED) is 0.854. The van der Waals surface area contributed by atoms with E-state index in [0.29, 0.717) is 0 Å². The van der Waals surface area contributed by atoms with Crippen LogP contribution in [0.4, 0.5) is 0 Å². The number of nitrogens with one attached hydrogen (secondary N) is 1. The molecule has 0 aromatic heterocycles. The molecule has 0 aliphatic carbocycles. The van der Waals surface area contributed by atoms with E-state index in [1.807, 2.05) is 25.2 Å². The fourth-order valence-electron chi connectivity index (χ4n) is 1.45. The van der Waals surface area contributed by atoms with Crippen LogP contribution in [-0.2, 0) is 6.42 Å². The highest BCUT2D eigenvalue weighted by molar-refractivity contribution is 6.30. The van der Waals surface area contributed by atoms with E-state index in [9.17, 15) is 0 Å². The molecule has 2 nitrogen and oxygen atoms in total. The Bertz CT molecular complexity index is 336. The minimum absolute atomic E-state index is 0.0396. The molecule has 1 rings (SSSR count). The summed E-state index contributed by atoms with van der Waals surface area (Å²) in [5.74, 6) is 0.891. The summed E-state index contributed by atoms with van der Waals surface area (Å²) in [5.41, 5.74) is 1.17. The van der Waals surface area contributed by atoms with Gasteiger partial charge in [-0.15, -0.1) is 0 Å². The van der Waals surface area contributed by atoms with Gasteiger partial charge in [0.15, 0.2) is 0 Å². The van der Waals surface area contributed by atoms with E-state index >= 15 is 0 Å². The molecule has 1 N–H and O–H groups in total. The number of ether oxygens (including phenoxy) is 1. The number of hydrogen-bond donors (Lipinski definition) is 1. The normalized spacial score (nSPS) is 11.5. The van der Waals surface area contributed by atoms with Gasteiger partial charge in [0, 0.05) is 10.6 Å². The molecular weight excluding hydrogens is 210 g/mol. The first-order valence-electron chi connectivity index (χ1n) is 5.00. The SMILES string of the molecule is CNC(C)(C)Cc1cc(Cl)ccc1OC. The monoisotopic (exact) mass is 227 g/mol. The minimum atomic E-state index is 0.0396. The van der Waals surface area contributed by atoms with Crippen LogP contribution in [0.2, 0.25) is 5.02 Å². The molecule has 0 spiro atoms. The Labute approximate surface area is 96.6 Å². The zero-order chi connectivity index (χ0) is 11.5. The lowest BCUT2D eigenvalue weighted by Crippen LogP contribution is -2.38. The molecule has 3 heteroatoms. The van der Waals surface area contributed by atoms with Crippen LogP contribution in [-0.4, -0.2) is 19.7 Å². The second-order valence-corrected chi connectivity index (χ2v) is 4.70. The predicted octanol–water partition coefficient (Wildman–Crippen LogP) is 2.89. The van der Waals surface area contributed by atoms with E-state index in [1.165, 1.54) is 0 Å². The Morgan fingerprint density at radius 3 is 2.60 bits per heavy atom. The Balaban J connectivity index is 2.97.